The molecule has 0 spiro atoms. The average Bonchev–Trinajstić information content (AvgIpc) is 2.95. The van der Waals surface area contributed by atoms with Crippen LogP contribution in [-0.4, -0.2) is 24.9 Å². The fourth-order valence-corrected chi connectivity index (χ4v) is 3.76. The lowest BCUT2D eigenvalue weighted by molar-refractivity contribution is 0.402. The minimum atomic E-state index is -3.78. The number of methoxy groups -OCH3 is 1. The lowest BCUT2D eigenvalue weighted by atomic mass is 10.3. The lowest BCUT2D eigenvalue weighted by Crippen LogP contribution is -2.24. The van der Waals surface area contributed by atoms with Crippen molar-refractivity contribution in [1.29, 1.82) is 0 Å². The van der Waals surface area contributed by atoms with E-state index in [-0.39, 0.29) is 17.2 Å². The molecule has 24 heavy (non-hydrogen) atoms. The second-order valence-corrected chi connectivity index (χ2v) is 7.49. The van der Waals surface area contributed by atoms with Crippen LogP contribution in [0.2, 0.25) is 5.02 Å². The topological polar surface area (TPSA) is 72.7 Å². The molecule has 1 aromatic carbocycles. The summed E-state index contributed by atoms with van der Waals surface area (Å²) in [7, 11) is -2.37. The van der Waals surface area contributed by atoms with Crippen molar-refractivity contribution in [2.45, 2.75) is 18.4 Å². The van der Waals surface area contributed by atoms with Gasteiger partial charge in [-0.25, -0.2) is 18.1 Å². The molecule has 0 saturated carbocycles. The Morgan fingerprint density at radius 1 is 1.29 bits per heavy atom. The molecule has 6 nitrogen and oxygen atoms in total. The predicted molar refractivity (Wildman–Crippen MR) is 92.0 cm³/mol. The lowest BCUT2D eigenvalue weighted by Gasteiger charge is -2.10. The van der Waals surface area contributed by atoms with E-state index in [4.69, 9.17) is 16.3 Å². The average molecular weight is 366 g/mol. The van der Waals surface area contributed by atoms with Gasteiger partial charge < -0.3 is 9.14 Å². The largest absolute Gasteiger partial charge is 0.495 e. The number of sulfonamides is 1. The molecule has 0 unspecified atom stereocenters. The van der Waals surface area contributed by atoms with Crippen LogP contribution in [0.3, 0.4) is 0 Å². The number of nitrogens with one attached hydrogen (secondary N) is 1. The van der Waals surface area contributed by atoms with Crippen LogP contribution in [0.5, 0.6) is 5.75 Å². The molecule has 0 aliphatic rings. The number of hydrogen-bond donors (Lipinski definition) is 1. The van der Waals surface area contributed by atoms with E-state index >= 15 is 0 Å². The number of imidazole rings is 1. The van der Waals surface area contributed by atoms with Crippen molar-refractivity contribution < 1.29 is 13.2 Å². The highest BCUT2D eigenvalue weighted by atomic mass is 35.5. The summed E-state index contributed by atoms with van der Waals surface area (Å²) in [5, 5.41) is 0.319. The van der Waals surface area contributed by atoms with Gasteiger partial charge in [0.15, 0.2) is 0 Å². The van der Waals surface area contributed by atoms with Gasteiger partial charge in [0.25, 0.3) is 0 Å². The van der Waals surface area contributed by atoms with Crippen LogP contribution in [0, 0.1) is 6.92 Å². The highest BCUT2D eigenvalue weighted by molar-refractivity contribution is 7.89. The van der Waals surface area contributed by atoms with Gasteiger partial charge in [0.1, 0.15) is 16.3 Å². The number of hydrogen-bond acceptors (Lipinski definition) is 4. The molecule has 2 heterocycles. The molecule has 0 fully saturated rings. The molecule has 126 valence electrons. The smallest absolute Gasteiger partial charge is 0.244 e. The number of ether oxygens (including phenoxy) is 1. The number of benzene rings is 1. The Kier molecular flexibility index (Phi) is 4.49. The van der Waals surface area contributed by atoms with Gasteiger partial charge in [0.2, 0.25) is 10.0 Å². The monoisotopic (exact) mass is 365 g/mol. The summed E-state index contributed by atoms with van der Waals surface area (Å²) in [6, 6.07) is 8.33. The number of pyridine rings is 1. The number of nitrogens with zero attached hydrogens (tertiary/aromatic N) is 2. The van der Waals surface area contributed by atoms with E-state index < -0.39 is 10.0 Å². The number of fused-ring (bicyclic) bond motifs is 1. The van der Waals surface area contributed by atoms with Crippen molar-refractivity contribution in [2.75, 3.05) is 7.11 Å². The Morgan fingerprint density at radius 2 is 2.08 bits per heavy atom. The van der Waals surface area contributed by atoms with E-state index in [0.717, 1.165) is 11.2 Å². The first-order valence-electron chi connectivity index (χ1n) is 7.16. The fourth-order valence-electron chi connectivity index (χ4n) is 2.33. The second kappa shape index (κ2) is 6.43. The molecule has 0 amide bonds. The van der Waals surface area contributed by atoms with Crippen LogP contribution in [-0.2, 0) is 16.6 Å². The van der Waals surface area contributed by atoms with Crippen molar-refractivity contribution >= 4 is 27.3 Å². The molecule has 8 heteroatoms. The van der Waals surface area contributed by atoms with Crippen LogP contribution >= 0.6 is 11.6 Å². The third kappa shape index (κ3) is 3.38. The van der Waals surface area contributed by atoms with E-state index in [2.05, 4.69) is 9.71 Å². The summed E-state index contributed by atoms with van der Waals surface area (Å²) in [5.74, 6) is 0.234. The van der Waals surface area contributed by atoms with Crippen molar-refractivity contribution in [1.82, 2.24) is 14.1 Å². The van der Waals surface area contributed by atoms with Gasteiger partial charge in [-0.15, -0.1) is 0 Å². The van der Waals surface area contributed by atoms with Crippen LogP contribution in [0.25, 0.3) is 5.65 Å². The van der Waals surface area contributed by atoms with Crippen molar-refractivity contribution in [3.63, 3.8) is 0 Å². The van der Waals surface area contributed by atoms with Crippen molar-refractivity contribution in [3.05, 3.63) is 59.0 Å². The first kappa shape index (κ1) is 16.8. The summed E-state index contributed by atoms with van der Waals surface area (Å²) in [6.45, 7) is 2.04. The Morgan fingerprint density at radius 3 is 2.83 bits per heavy atom. The van der Waals surface area contributed by atoms with Gasteiger partial charge in [-0.05, 0) is 42.8 Å². The molecule has 2 aromatic heterocycles. The van der Waals surface area contributed by atoms with Gasteiger partial charge in [-0.2, -0.15) is 0 Å². The standard InChI is InChI=1S/C16H16ClN3O3S/c1-11-5-6-20-10-13(19-16(20)7-11)9-18-24(21,22)15-8-12(17)3-4-14(15)23-2/h3-8,10,18H,9H2,1-2H3. The number of aryl methyl sites for hydroxylation is 1. The van der Waals surface area contributed by atoms with Gasteiger partial charge in [0, 0.05) is 17.4 Å². The van der Waals surface area contributed by atoms with Crippen molar-refractivity contribution in [3.8, 4) is 5.75 Å². The second-order valence-electron chi connectivity index (χ2n) is 5.32. The maximum absolute atomic E-state index is 12.5. The normalized spacial score (nSPS) is 11.8. The van der Waals surface area contributed by atoms with E-state index in [1.54, 1.807) is 12.3 Å². The molecule has 0 aliphatic heterocycles. The Labute approximate surface area is 145 Å². The highest BCUT2D eigenvalue weighted by Gasteiger charge is 2.20. The van der Waals surface area contributed by atoms with Crippen LogP contribution in [0.15, 0.2) is 47.6 Å². The third-order valence-electron chi connectivity index (χ3n) is 3.52. The first-order valence-corrected chi connectivity index (χ1v) is 9.02. The zero-order valence-electron chi connectivity index (χ0n) is 13.2. The van der Waals surface area contributed by atoms with Crippen molar-refractivity contribution in [2.24, 2.45) is 0 Å². The Bertz CT molecular complexity index is 999. The summed E-state index contributed by atoms with van der Waals surface area (Å²) >= 11 is 5.90. The minimum Gasteiger partial charge on any atom is -0.495 e. The summed E-state index contributed by atoms with van der Waals surface area (Å²) < 4.78 is 34.5. The Balaban J connectivity index is 1.85. The maximum Gasteiger partial charge on any atom is 0.244 e. The van der Waals surface area contributed by atoms with Crippen LogP contribution in [0.4, 0.5) is 0 Å². The zero-order valence-corrected chi connectivity index (χ0v) is 14.7. The molecule has 0 radical (unpaired) electrons. The zero-order chi connectivity index (χ0) is 17.3. The first-order chi connectivity index (χ1) is 11.4. The molecule has 0 atom stereocenters. The third-order valence-corrected chi connectivity index (χ3v) is 5.18. The van der Waals surface area contributed by atoms with E-state index in [0.29, 0.717) is 10.7 Å². The molecule has 0 saturated heterocycles. The highest BCUT2D eigenvalue weighted by Crippen LogP contribution is 2.27. The van der Waals surface area contributed by atoms with E-state index in [1.807, 2.05) is 29.7 Å². The van der Waals surface area contributed by atoms with E-state index in [1.165, 1.54) is 19.2 Å². The molecular weight excluding hydrogens is 350 g/mol. The molecular formula is C16H16ClN3O3S. The Hall–Kier alpha value is -2.09. The summed E-state index contributed by atoms with van der Waals surface area (Å²) in [4.78, 5) is 4.41. The molecule has 0 aliphatic carbocycles. The number of aromatic nitrogens is 2. The fraction of sp³-hybridized carbons (Fsp3) is 0.188. The van der Waals surface area contributed by atoms with Gasteiger partial charge in [-0.1, -0.05) is 11.6 Å². The summed E-state index contributed by atoms with van der Waals surface area (Å²) in [5.41, 5.74) is 2.47. The van der Waals surface area contributed by atoms with Crippen LogP contribution in [0.1, 0.15) is 11.3 Å². The minimum absolute atomic E-state index is 0.00268. The SMILES string of the molecule is COc1ccc(Cl)cc1S(=O)(=O)NCc1cn2ccc(C)cc2n1. The summed E-state index contributed by atoms with van der Waals surface area (Å²) in [6.07, 6.45) is 3.67. The quantitative estimate of drug-likeness (QED) is 0.754. The van der Waals surface area contributed by atoms with Gasteiger partial charge in [-0.3, -0.25) is 0 Å². The number of rotatable bonds is 5. The van der Waals surface area contributed by atoms with E-state index in [9.17, 15) is 8.42 Å². The maximum atomic E-state index is 12.5. The van der Waals surface area contributed by atoms with Gasteiger partial charge in [0.05, 0.1) is 19.3 Å². The van der Waals surface area contributed by atoms with Gasteiger partial charge >= 0.3 is 0 Å². The van der Waals surface area contributed by atoms with Crippen LogP contribution < -0.4 is 9.46 Å². The molecule has 3 aromatic rings. The number of halogens is 1. The molecule has 1 N–H and O–H groups in total. The predicted octanol–water partition coefficient (Wildman–Crippen LogP) is 2.78. The molecule has 3 rings (SSSR count). The molecule has 0 bridgehead atoms.